The fourth-order valence-electron chi connectivity index (χ4n) is 3.28. The van der Waals surface area contributed by atoms with Crippen LogP contribution in [0.15, 0.2) is 30.5 Å². The third kappa shape index (κ3) is 6.45. The standard InChI is InChI=1S/C22H27F3N2O3/c1-13(2)7-14(3)12-30-20-6-5-16(8-19(20)22(23,24)25)18-9-21(27-15(4)29)26-10-17(18)11-28/h5-6,8-10,13-14,28H,7,11-12H2,1-4H3,(H,26,27,29)/t14-/m1/s1. The molecule has 2 N–H and O–H groups in total. The highest BCUT2D eigenvalue weighted by Gasteiger charge is 2.35. The summed E-state index contributed by atoms with van der Waals surface area (Å²) in [5.41, 5.74) is 0.0411. The number of carbonyl (C=O) groups excluding carboxylic acids is 1. The lowest BCUT2D eigenvalue weighted by molar-refractivity contribution is -0.139. The number of ether oxygens (including phenoxy) is 1. The van der Waals surface area contributed by atoms with E-state index in [-0.39, 0.29) is 35.6 Å². The van der Waals surface area contributed by atoms with Crippen LogP contribution < -0.4 is 10.1 Å². The van der Waals surface area contributed by atoms with Crippen molar-refractivity contribution >= 4 is 11.7 Å². The van der Waals surface area contributed by atoms with E-state index >= 15 is 0 Å². The summed E-state index contributed by atoms with van der Waals surface area (Å²) in [4.78, 5) is 15.3. The van der Waals surface area contributed by atoms with Gasteiger partial charge in [-0.3, -0.25) is 4.79 Å². The first-order valence-electron chi connectivity index (χ1n) is 9.73. The molecule has 8 heteroatoms. The van der Waals surface area contributed by atoms with Crippen LogP contribution in [0.3, 0.4) is 0 Å². The molecule has 1 aromatic heterocycles. The summed E-state index contributed by atoms with van der Waals surface area (Å²) in [6, 6.07) is 5.23. The normalized spacial score (nSPS) is 12.7. The molecule has 0 aliphatic rings. The number of alkyl halides is 3. The topological polar surface area (TPSA) is 71.5 Å². The lowest BCUT2D eigenvalue weighted by atomic mass is 9.98. The summed E-state index contributed by atoms with van der Waals surface area (Å²) in [5.74, 6) is 0.136. The number of aliphatic hydroxyl groups excluding tert-OH is 1. The van der Waals surface area contributed by atoms with E-state index in [4.69, 9.17) is 4.74 Å². The Bertz CT molecular complexity index is 882. The first-order chi connectivity index (χ1) is 14.0. The van der Waals surface area contributed by atoms with E-state index in [0.717, 1.165) is 12.5 Å². The molecule has 30 heavy (non-hydrogen) atoms. The smallest absolute Gasteiger partial charge is 0.419 e. The van der Waals surface area contributed by atoms with Crippen LogP contribution in [-0.2, 0) is 17.6 Å². The number of carbonyl (C=O) groups is 1. The molecule has 5 nitrogen and oxygen atoms in total. The van der Waals surface area contributed by atoms with Crippen molar-refractivity contribution in [2.45, 2.75) is 46.9 Å². The van der Waals surface area contributed by atoms with Gasteiger partial charge < -0.3 is 15.2 Å². The summed E-state index contributed by atoms with van der Waals surface area (Å²) in [5, 5.41) is 12.1. The number of nitrogens with zero attached hydrogens (tertiary/aromatic N) is 1. The van der Waals surface area contributed by atoms with Crippen molar-refractivity contribution < 1.29 is 27.8 Å². The molecule has 0 aliphatic carbocycles. The highest BCUT2D eigenvalue weighted by molar-refractivity contribution is 5.88. The number of nitrogens with one attached hydrogen (secondary N) is 1. The predicted molar refractivity (Wildman–Crippen MR) is 109 cm³/mol. The van der Waals surface area contributed by atoms with Crippen molar-refractivity contribution in [2.24, 2.45) is 11.8 Å². The molecular weight excluding hydrogens is 397 g/mol. The summed E-state index contributed by atoms with van der Waals surface area (Å²) in [7, 11) is 0. The van der Waals surface area contributed by atoms with Crippen LogP contribution in [0.2, 0.25) is 0 Å². The highest BCUT2D eigenvalue weighted by atomic mass is 19.4. The number of aliphatic hydroxyl groups is 1. The average molecular weight is 424 g/mol. The fourth-order valence-corrected chi connectivity index (χ4v) is 3.28. The van der Waals surface area contributed by atoms with E-state index < -0.39 is 18.3 Å². The molecule has 2 rings (SSSR count). The van der Waals surface area contributed by atoms with Gasteiger partial charge in [-0.1, -0.05) is 26.8 Å². The number of pyridine rings is 1. The molecule has 1 heterocycles. The van der Waals surface area contributed by atoms with E-state index in [2.05, 4.69) is 24.1 Å². The van der Waals surface area contributed by atoms with Gasteiger partial charge >= 0.3 is 6.18 Å². The van der Waals surface area contributed by atoms with Crippen LogP contribution in [0.1, 0.15) is 45.2 Å². The molecule has 0 saturated heterocycles. The maximum Gasteiger partial charge on any atom is 0.419 e. The van der Waals surface area contributed by atoms with Crippen molar-refractivity contribution in [3.05, 3.63) is 41.6 Å². The maximum absolute atomic E-state index is 13.7. The molecule has 1 amide bonds. The Morgan fingerprint density at radius 1 is 1.23 bits per heavy atom. The van der Waals surface area contributed by atoms with Crippen LogP contribution in [0.5, 0.6) is 5.75 Å². The van der Waals surface area contributed by atoms with E-state index in [1.165, 1.54) is 31.3 Å². The van der Waals surface area contributed by atoms with Gasteiger partial charge in [-0.25, -0.2) is 4.98 Å². The van der Waals surface area contributed by atoms with Gasteiger partial charge in [0.2, 0.25) is 5.91 Å². The number of hydrogen-bond donors (Lipinski definition) is 2. The minimum absolute atomic E-state index is 0.118. The van der Waals surface area contributed by atoms with Crippen molar-refractivity contribution in [3.63, 3.8) is 0 Å². The third-order valence-electron chi connectivity index (χ3n) is 4.45. The second-order valence-electron chi connectivity index (χ2n) is 7.82. The molecule has 0 aliphatic heterocycles. The van der Waals surface area contributed by atoms with Gasteiger partial charge in [0, 0.05) is 18.7 Å². The molecule has 1 atom stereocenters. The lowest BCUT2D eigenvalue weighted by Gasteiger charge is -2.19. The summed E-state index contributed by atoms with van der Waals surface area (Å²) < 4.78 is 46.7. The number of hydrogen-bond acceptors (Lipinski definition) is 4. The SMILES string of the molecule is CC(=O)Nc1cc(-c2ccc(OC[C@H](C)CC(C)C)c(C(F)(F)F)c2)c(CO)cn1. The van der Waals surface area contributed by atoms with Crippen LogP contribution in [-0.4, -0.2) is 22.6 Å². The number of amides is 1. The quantitative estimate of drug-likeness (QED) is 0.605. The Morgan fingerprint density at radius 2 is 1.93 bits per heavy atom. The monoisotopic (exact) mass is 424 g/mol. The summed E-state index contributed by atoms with van der Waals surface area (Å²) in [6.45, 7) is 7.12. The van der Waals surface area contributed by atoms with Crippen LogP contribution in [0.4, 0.5) is 19.0 Å². The van der Waals surface area contributed by atoms with Crippen molar-refractivity contribution in [2.75, 3.05) is 11.9 Å². The van der Waals surface area contributed by atoms with Gasteiger partial charge in [-0.2, -0.15) is 13.2 Å². The van der Waals surface area contributed by atoms with Gasteiger partial charge in [0.15, 0.2) is 0 Å². The van der Waals surface area contributed by atoms with Gasteiger partial charge in [-0.05, 0) is 47.6 Å². The molecule has 0 spiro atoms. The molecule has 0 fully saturated rings. The Labute approximate surface area is 174 Å². The zero-order chi connectivity index (χ0) is 22.5. The van der Waals surface area contributed by atoms with Crippen molar-refractivity contribution in [3.8, 4) is 16.9 Å². The number of halogens is 3. The Kier molecular flexibility index (Phi) is 7.83. The Balaban J connectivity index is 2.42. The molecule has 2 aromatic rings. The Hall–Kier alpha value is -2.61. The number of anilines is 1. The molecule has 0 saturated carbocycles. The maximum atomic E-state index is 13.7. The largest absolute Gasteiger partial charge is 0.493 e. The van der Waals surface area contributed by atoms with Gasteiger partial charge in [0.05, 0.1) is 18.8 Å². The van der Waals surface area contributed by atoms with Crippen molar-refractivity contribution in [1.82, 2.24) is 4.98 Å². The average Bonchev–Trinajstić information content (AvgIpc) is 2.64. The summed E-state index contributed by atoms with van der Waals surface area (Å²) >= 11 is 0. The second kappa shape index (κ2) is 9.93. The first-order valence-corrected chi connectivity index (χ1v) is 9.73. The van der Waals surface area contributed by atoms with E-state index in [1.807, 2.05) is 6.92 Å². The van der Waals surface area contributed by atoms with E-state index in [9.17, 15) is 23.1 Å². The molecular formula is C22H27F3N2O3. The fraction of sp³-hybridized carbons (Fsp3) is 0.455. The number of rotatable bonds is 8. The van der Waals surface area contributed by atoms with Crippen molar-refractivity contribution in [1.29, 1.82) is 0 Å². The van der Waals surface area contributed by atoms with Gasteiger partial charge in [-0.15, -0.1) is 0 Å². The van der Waals surface area contributed by atoms with Crippen LogP contribution >= 0.6 is 0 Å². The number of benzene rings is 1. The van der Waals surface area contributed by atoms with E-state index in [1.54, 1.807) is 0 Å². The predicted octanol–water partition coefficient (Wildman–Crippen LogP) is 5.28. The zero-order valence-corrected chi connectivity index (χ0v) is 17.5. The minimum Gasteiger partial charge on any atom is -0.493 e. The molecule has 0 radical (unpaired) electrons. The third-order valence-corrected chi connectivity index (χ3v) is 4.45. The zero-order valence-electron chi connectivity index (χ0n) is 17.5. The van der Waals surface area contributed by atoms with E-state index in [0.29, 0.717) is 17.0 Å². The highest BCUT2D eigenvalue weighted by Crippen LogP contribution is 2.40. The van der Waals surface area contributed by atoms with Crippen LogP contribution in [0, 0.1) is 11.8 Å². The van der Waals surface area contributed by atoms with Gasteiger partial charge in [0.1, 0.15) is 11.6 Å². The number of aromatic nitrogens is 1. The molecule has 1 aromatic carbocycles. The molecule has 164 valence electrons. The summed E-state index contributed by atoms with van der Waals surface area (Å²) in [6.07, 6.45) is -2.44. The molecule has 0 unspecified atom stereocenters. The first kappa shape index (κ1) is 23.7. The van der Waals surface area contributed by atoms with Crippen LogP contribution in [0.25, 0.3) is 11.1 Å². The lowest BCUT2D eigenvalue weighted by Crippen LogP contribution is -2.14. The minimum atomic E-state index is -4.61. The second-order valence-corrected chi connectivity index (χ2v) is 7.82. The Morgan fingerprint density at radius 3 is 2.50 bits per heavy atom. The van der Waals surface area contributed by atoms with Gasteiger partial charge in [0.25, 0.3) is 0 Å². The molecule has 0 bridgehead atoms.